The first-order chi connectivity index (χ1) is 13.1. The molecule has 1 amide bonds. The molecule has 29 heavy (non-hydrogen) atoms. The van der Waals surface area contributed by atoms with Crippen molar-refractivity contribution in [3.05, 3.63) is 59.9 Å². The average Bonchev–Trinajstić information content (AvgIpc) is 3.47. The molecule has 7 heteroatoms. The number of carbonyl (C=O) groups is 1. The highest BCUT2D eigenvalue weighted by Gasteiger charge is 2.38. The molecule has 2 aromatic carbocycles. The lowest BCUT2D eigenvalue weighted by atomic mass is 10.0. The lowest BCUT2D eigenvalue weighted by Gasteiger charge is -2.32. The van der Waals surface area contributed by atoms with Crippen LogP contribution in [0.3, 0.4) is 0 Å². The van der Waals surface area contributed by atoms with Crippen molar-refractivity contribution >= 4 is 30.7 Å². The molecular weight excluding hydrogens is 412 g/mol. The Balaban J connectivity index is 0.00000150. The molecule has 1 saturated carbocycles. The molecule has 0 bridgehead atoms. The Morgan fingerprint density at radius 2 is 1.69 bits per heavy atom. The number of hydrogen-bond donors (Lipinski definition) is 1. The number of likely N-dealkylation sites (N-methyl/N-ethyl adjacent to an activating group) is 1. The minimum absolute atomic E-state index is 0. The highest BCUT2D eigenvalue weighted by Crippen LogP contribution is 2.41. The zero-order valence-corrected chi connectivity index (χ0v) is 18.1. The van der Waals surface area contributed by atoms with Crippen LogP contribution in [-0.2, 0) is 4.79 Å². The molecule has 158 valence electrons. The van der Waals surface area contributed by atoms with Gasteiger partial charge in [0, 0.05) is 43.7 Å². The molecule has 4 nitrogen and oxygen atoms in total. The smallest absolute Gasteiger partial charge is 0.236 e. The summed E-state index contributed by atoms with van der Waals surface area (Å²) in [6, 6.07) is 15.3. The molecule has 1 aliphatic heterocycles. The minimum atomic E-state index is -0.196. The Morgan fingerprint density at radius 1 is 1.03 bits per heavy atom. The maximum atomic E-state index is 13.9. The summed E-state index contributed by atoms with van der Waals surface area (Å²) in [5.41, 5.74) is 2.78. The van der Waals surface area contributed by atoms with Crippen LogP contribution in [0.15, 0.2) is 48.5 Å². The predicted octanol–water partition coefficient (Wildman–Crippen LogP) is 3.56. The molecule has 0 unspecified atom stereocenters. The number of piperazine rings is 1. The number of carbonyl (C=O) groups excluding carboxylic acids is 1. The van der Waals surface area contributed by atoms with Gasteiger partial charge in [-0.2, -0.15) is 0 Å². The molecule has 2 fully saturated rings. The number of amides is 1. The van der Waals surface area contributed by atoms with Gasteiger partial charge in [0.25, 0.3) is 0 Å². The fourth-order valence-corrected chi connectivity index (χ4v) is 3.78. The Kier molecular flexibility index (Phi) is 8.46. The van der Waals surface area contributed by atoms with E-state index in [4.69, 9.17) is 0 Å². The molecule has 2 aromatic rings. The molecule has 2 atom stereocenters. The zero-order chi connectivity index (χ0) is 18.8. The second kappa shape index (κ2) is 10.4. The third kappa shape index (κ3) is 5.70. The van der Waals surface area contributed by atoms with E-state index in [1.807, 2.05) is 23.1 Å². The van der Waals surface area contributed by atoms with Gasteiger partial charge >= 0.3 is 0 Å². The quantitative estimate of drug-likeness (QED) is 0.773. The Morgan fingerprint density at radius 3 is 2.34 bits per heavy atom. The summed E-state index contributed by atoms with van der Waals surface area (Å²) in [7, 11) is 2.09. The Labute approximate surface area is 184 Å². The summed E-state index contributed by atoms with van der Waals surface area (Å²) in [5, 5.41) is 3.40. The van der Waals surface area contributed by atoms with Crippen LogP contribution < -0.4 is 5.32 Å². The summed E-state index contributed by atoms with van der Waals surface area (Å²) in [6.45, 7) is 3.96. The first kappa shape index (κ1) is 23.6. The van der Waals surface area contributed by atoms with Gasteiger partial charge in [-0.1, -0.05) is 42.5 Å². The van der Waals surface area contributed by atoms with Gasteiger partial charge in [0.15, 0.2) is 0 Å². The SMILES string of the molecule is CN1CCN(C(=O)CN[C@@H]2C[C@H]2c2ccc(-c3ccccc3F)cc2)CC1.Cl.Cl. The van der Waals surface area contributed by atoms with Crippen molar-refractivity contribution in [2.45, 2.75) is 18.4 Å². The van der Waals surface area contributed by atoms with Crippen LogP contribution in [0.1, 0.15) is 17.9 Å². The molecule has 0 radical (unpaired) electrons. The van der Waals surface area contributed by atoms with Gasteiger partial charge in [-0.15, -0.1) is 24.8 Å². The number of benzene rings is 2. The summed E-state index contributed by atoms with van der Waals surface area (Å²) < 4.78 is 13.9. The summed E-state index contributed by atoms with van der Waals surface area (Å²) >= 11 is 0. The molecule has 0 spiro atoms. The Hall–Kier alpha value is -1.66. The molecular formula is C22H28Cl2FN3O. The number of nitrogens with one attached hydrogen (secondary N) is 1. The topological polar surface area (TPSA) is 35.6 Å². The largest absolute Gasteiger partial charge is 0.339 e. The molecule has 0 aromatic heterocycles. The van der Waals surface area contributed by atoms with Gasteiger partial charge in [0.05, 0.1) is 6.54 Å². The van der Waals surface area contributed by atoms with Crippen LogP contribution in [0.5, 0.6) is 0 Å². The van der Waals surface area contributed by atoms with E-state index >= 15 is 0 Å². The van der Waals surface area contributed by atoms with Gasteiger partial charge in [0.1, 0.15) is 5.82 Å². The number of nitrogens with zero attached hydrogens (tertiary/aromatic N) is 2. The summed E-state index contributed by atoms with van der Waals surface area (Å²) in [6.07, 6.45) is 1.05. The first-order valence-electron chi connectivity index (χ1n) is 9.66. The van der Waals surface area contributed by atoms with E-state index in [0.717, 1.165) is 38.2 Å². The van der Waals surface area contributed by atoms with E-state index in [0.29, 0.717) is 24.1 Å². The maximum absolute atomic E-state index is 13.9. The average molecular weight is 440 g/mol. The lowest BCUT2D eigenvalue weighted by Crippen LogP contribution is -2.49. The first-order valence-corrected chi connectivity index (χ1v) is 9.66. The second-order valence-corrected chi connectivity index (χ2v) is 7.62. The maximum Gasteiger partial charge on any atom is 0.236 e. The highest BCUT2D eigenvalue weighted by atomic mass is 35.5. The minimum Gasteiger partial charge on any atom is -0.339 e. The zero-order valence-electron chi connectivity index (χ0n) is 16.5. The van der Waals surface area contributed by atoms with Crippen LogP contribution in [0, 0.1) is 5.82 Å². The molecule has 1 aliphatic carbocycles. The molecule has 1 N–H and O–H groups in total. The van der Waals surface area contributed by atoms with Gasteiger partial charge in [-0.3, -0.25) is 4.79 Å². The van der Waals surface area contributed by atoms with Crippen molar-refractivity contribution in [1.82, 2.24) is 15.1 Å². The number of hydrogen-bond acceptors (Lipinski definition) is 3. The van der Waals surface area contributed by atoms with Crippen LogP contribution in [-0.4, -0.2) is 61.5 Å². The van der Waals surface area contributed by atoms with Crippen molar-refractivity contribution in [3.8, 4) is 11.1 Å². The summed E-state index contributed by atoms with van der Waals surface area (Å²) in [4.78, 5) is 16.5. The van der Waals surface area contributed by atoms with Gasteiger partial charge < -0.3 is 15.1 Å². The molecule has 2 aliphatic rings. The Bertz CT molecular complexity index is 810. The van der Waals surface area contributed by atoms with Gasteiger partial charge in [-0.25, -0.2) is 4.39 Å². The van der Waals surface area contributed by atoms with Crippen LogP contribution >= 0.6 is 24.8 Å². The molecule has 1 heterocycles. The number of rotatable bonds is 5. The van der Waals surface area contributed by atoms with E-state index in [2.05, 4.69) is 29.4 Å². The molecule has 1 saturated heterocycles. The van der Waals surface area contributed by atoms with Crippen molar-refractivity contribution in [3.63, 3.8) is 0 Å². The lowest BCUT2D eigenvalue weighted by molar-refractivity contribution is -0.131. The fraction of sp³-hybridized carbons (Fsp3) is 0.409. The van der Waals surface area contributed by atoms with Gasteiger partial charge in [0.2, 0.25) is 5.91 Å². The van der Waals surface area contributed by atoms with E-state index in [1.54, 1.807) is 12.1 Å². The number of halogens is 3. The summed E-state index contributed by atoms with van der Waals surface area (Å²) in [5.74, 6) is 0.447. The highest BCUT2D eigenvalue weighted by molar-refractivity contribution is 5.85. The van der Waals surface area contributed by atoms with E-state index in [1.165, 1.54) is 11.6 Å². The monoisotopic (exact) mass is 439 g/mol. The van der Waals surface area contributed by atoms with Crippen molar-refractivity contribution in [2.24, 2.45) is 0 Å². The van der Waals surface area contributed by atoms with E-state index < -0.39 is 0 Å². The van der Waals surface area contributed by atoms with E-state index in [-0.39, 0.29) is 36.5 Å². The predicted molar refractivity (Wildman–Crippen MR) is 120 cm³/mol. The van der Waals surface area contributed by atoms with Crippen molar-refractivity contribution in [2.75, 3.05) is 39.8 Å². The third-order valence-corrected chi connectivity index (χ3v) is 5.69. The fourth-order valence-electron chi connectivity index (χ4n) is 3.78. The van der Waals surface area contributed by atoms with E-state index in [9.17, 15) is 9.18 Å². The molecule has 4 rings (SSSR count). The van der Waals surface area contributed by atoms with Crippen molar-refractivity contribution in [1.29, 1.82) is 0 Å². The van der Waals surface area contributed by atoms with Crippen molar-refractivity contribution < 1.29 is 9.18 Å². The van der Waals surface area contributed by atoms with Crippen LogP contribution in [0.2, 0.25) is 0 Å². The van der Waals surface area contributed by atoms with Crippen LogP contribution in [0.25, 0.3) is 11.1 Å². The van der Waals surface area contributed by atoms with Gasteiger partial charge in [-0.05, 0) is 30.7 Å². The normalized spacial score (nSPS) is 21.1. The second-order valence-electron chi connectivity index (χ2n) is 7.62. The van der Waals surface area contributed by atoms with Crippen LogP contribution in [0.4, 0.5) is 4.39 Å². The standard InChI is InChI=1S/C22H26FN3O.2ClH/c1-25-10-12-26(13-11-25)22(27)15-24-21-14-19(21)17-8-6-16(7-9-17)18-4-2-3-5-20(18)23;;/h2-9,19,21,24H,10-15H2,1H3;2*1H/t19-,21+;;/m0../s1. The third-order valence-electron chi connectivity index (χ3n) is 5.69.